The molecule has 2 aliphatic rings. The molecule has 102 valence electrons. The Kier molecular flexibility index (Phi) is 4.19. The molecule has 0 aromatic heterocycles. The second-order valence-electron chi connectivity index (χ2n) is 5.04. The van der Waals surface area contributed by atoms with Crippen molar-refractivity contribution in [3.05, 3.63) is 0 Å². The van der Waals surface area contributed by atoms with Crippen LogP contribution in [0.15, 0.2) is 0 Å². The highest BCUT2D eigenvalue weighted by Gasteiger charge is 2.39. The van der Waals surface area contributed by atoms with Gasteiger partial charge >= 0.3 is 0 Å². The lowest BCUT2D eigenvalue weighted by atomic mass is 10.2. The zero-order valence-electron chi connectivity index (χ0n) is 10.7. The molecule has 1 aliphatic heterocycles. The van der Waals surface area contributed by atoms with Crippen molar-refractivity contribution in [3.63, 3.8) is 0 Å². The average molecular weight is 255 g/mol. The van der Waals surface area contributed by atoms with E-state index in [0.29, 0.717) is 25.6 Å². The topological polar surface area (TPSA) is 84.7 Å². The molecular formula is C12H21N3O3. The van der Waals surface area contributed by atoms with Gasteiger partial charge in [-0.15, -0.1) is 0 Å². The molecule has 18 heavy (non-hydrogen) atoms. The number of methoxy groups -OCH3 is 1. The fraction of sp³-hybridized carbons (Fsp3) is 0.833. The van der Waals surface area contributed by atoms with Gasteiger partial charge in [0.2, 0.25) is 11.8 Å². The van der Waals surface area contributed by atoms with E-state index in [2.05, 4.69) is 5.32 Å². The minimum atomic E-state index is -0.248. The van der Waals surface area contributed by atoms with Gasteiger partial charge in [0.1, 0.15) is 0 Å². The monoisotopic (exact) mass is 255 g/mol. The minimum absolute atomic E-state index is 0.0547. The summed E-state index contributed by atoms with van der Waals surface area (Å²) >= 11 is 0. The van der Waals surface area contributed by atoms with Crippen LogP contribution in [0.5, 0.6) is 0 Å². The largest absolute Gasteiger partial charge is 0.380 e. The number of carbonyl (C=O) groups excluding carboxylic acids is 2. The summed E-state index contributed by atoms with van der Waals surface area (Å²) in [6.07, 6.45) is 2.63. The molecular weight excluding hydrogens is 234 g/mol. The molecule has 2 atom stereocenters. The van der Waals surface area contributed by atoms with Gasteiger partial charge in [0.15, 0.2) is 0 Å². The molecule has 0 radical (unpaired) electrons. The molecule has 0 aromatic carbocycles. The highest BCUT2D eigenvalue weighted by Crippen LogP contribution is 2.30. The molecule has 6 heteroatoms. The van der Waals surface area contributed by atoms with Crippen molar-refractivity contribution in [1.29, 1.82) is 0 Å². The third-order valence-electron chi connectivity index (χ3n) is 3.52. The maximum atomic E-state index is 11.7. The van der Waals surface area contributed by atoms with Crippen molar-refractivity contribution in [2.45, 2.75) is 43.9 Å². The Morgan fingerprint density at radius 3 is 2.89 bits per heavy atom. The molecule has 2 amide bonds. The Labute approximate surface area is 107 Å². The lowest BCUT2D eigenvalue weighted by molar-refractivity contribution is -0.128. The predicted octanol–water partition coefficient (Wildman–Crippen LogP) is -0.770. The predicted molar refractivity (Wildman–Crippen MR) is 65.8 cm³/mol. The molecule has 1 saturated heterocycles. The summed E-state index contributed by atoms with van der Waals surface area (Å²) < 4.78 is 5.06. The summed E-state index contributed by atoms with van der Waals surface area (Å²) in [6.45, 7) is 0.969. The van der Waals surface area contributed by atoms with E-state index in [1.165, 1.54) is 0 Å². The first-order chi connectivity index (χ1) is 8.63. The van der Waals surface area contributed by atoms with Crippen LogP contribution in [-0.4, -0.2) is 55.1 Å². The Balaban J connectivity index is 1.76. The normalized spacial score (nSPS) is 25.3. The number of carbonyl (C=O) groups is 2. The SMILES string of the molecule is COC(CN)CC(=O)NC1CC(=O)N(C2CC2)C1. The number of nitrogens with zero attached hydrogens (tertiary/aromatic N) is 1. The molecule has 2 rings (SSSR count). The van der Waals surface area contributed by atoms with Crippen molar-refractivity contribution < 1.29 is 14.3 Å². The number of nitrogens with two attached hydrogens (primary N) is 1. The van der Waals surface area contributed by atoms with Gasteiger partial charge in [-0.2, -0.15) is 0 Å². The molecule has 0 spiro atoms. The number of nitrogens with one attached hydrogen (secondary N) is 1. The van der Waals surface area contributed by atoms with E-state index in [9.17, 15) is 9.59 Å². The molecule has 2 fully saturated rings. The van der Waals surface area contributed by atoms with Crippen LogP contribution >= 0.6 is 0 Å². The van der Waals surface area contributed by atoms with Gasteiger partial charge in [-0.25, -0.2) is 0 Å². The first-order valence-electron chi connectivity index (χ1n) is 6.45. The Bertz CT molecular complexity index is 327. The van der Waals surface area contributed by atoms with Crippen LogP contribution < -0.4 is 11.1 Å². The van der Waals surface area contributed by atoms with Gasteiger partial charge in [0, 0.05) is 32.7 Å². The van der Waals surface area contributed by atoms with Crippen LogP contribution in [0.4, 0.5) is 0 Å². The van der Waals surface area contributed by atoms with Crippen LogP contribution in [-0.2, 0) is 14.3 Å². The number of hydrogen-bond donors (Lipinski definition) is 2. The number of amides is 2. The smallest absolute Gasteiger partial charge is 0.225 e. The molecule has 1 heterocycles. The molecule has 1 saturated carbocycles. The first kappa shape index (κ1) is 13.3. The maximum Gasteiger partial charge on any atom is 0.225 e. The third kappa shape index (κ3) is 3.20. The van der Waals surface area contributed by atoms with Crippen molar-refractivity contribution in [2.24, 2.45) is 5.73 Å². The summed E-state index contributed by atoms with van der Waals surface area (Å²) in [4.78, 5) is 25.4. The van der Waals surface area contributed by atoms with E-state index in [1.54, 1.807) is 7.11 Å². The van der Waals surface area contributed by atoms with Gasteiger partial charge < -0.3 is 20.7 Å². The third-order valence-corrected chi connectivity index (χ3v) is 3.52. The van der Waals surface area contributed by atoms with Gasteiger partial charge in [-0.3, -0.25) is 9.59 Å². The fourth-order valence-corrected chi connectivity index (χ4v) is 2.32. The Morgan fingerprint density at radius 2 is 2.33 bits per heavy atom. The average Bonchev–Trinajstić information content (AvgIpc) is 3.11. The van der Waals surface area contributed by atoms with Gasteiger partial charge in [0.25, 0.3) is 0 Å². The molecule has 6 nitrogen and oxygen atoms in total. The van der Waals surface area contributed by atoms with Crippen LogP contribution in [0.25, 0.3) is 0 Å². The van der Waals surface area contributed by atoms with Crippen LogP contribution in [0.3, 0.4) is 0 Å². The van der Waals surface area contributed by atoms with Gasteiger partial charge in [0.05, 0.1) is 18.6 Å². The van der Waals surface area contributed by atoms with Crippen molar-refractivity contribution >= 4 is 11.8 Å². The molecule has 0 bridgehead atoms. The van der Waals surface area contributed by atoms with E-state index in [-0.39, 0.29) is 30.4 Å². The second kappa shape index (κ2) is 5.67. The second-order valence-corrected chi connectivity index (χ2v) is 5.04. The molecule has 3 N–H and O–H groups in total. The lowest BCUT2D eigenvalue weighted by Gasteiger charge is -2.17. The van der Waals surface area contributed by atoms with E-state index >= 15 is 0 Å². The van der Waals surface area contributed by atoms with E-state index in [0.717, 1.165) is 12.8 Å². The minimum Gasteiger partial charge on any atom is -0.380 e. The zero-order chi connectivity index (χ0) is 13.1. The number of hydrogen-bond acceptors (Lipinski definition) is 4. The first-order valence-corrected chi connectivity index (χ1v) is 6.45. The molecule has 2 unspecified atom stereocenters. The van der Waals surface area contributed by atoms with E-state index in [4.69, 9.17) is 10.5 Å². The Hall–Kier alpha value is -1.14. The quantitative estimate of drug-likeness (QED) is 0.652. The van der Waals surface area contributed by atoms with Crippen molar-refractivity contribution in [3.8, 4) is 0 Å². The van der Waals surface area contributed by atoms with E-state index < -0.39 is 0 Å². The van der Waals surface area contributed by atoms with E-state index in [1.807, 2.05) is 4.90 Å². The standard InChI is InChI=1S/C12H21N3O3/c1-18-10(6-13)5-11(16)14-8-4-12(17)15(7-8)9-2-3-9/h8-10H,2-7,13H2,1H3,(H,14,16). The number of likely N-dealkylation sites (tertiary alicyclic amines) is 1. The summed E-state index contributed by atoms with van der Waals surface area (Å²) in [5, 5.41) is 2.88. The summed E-state index contributed by atoms with van der Waals surface area (Å²) in [5.74, 6) is 0.0627. The van der Waals surface area contributed by atoms with Gasteiger partial charge in [-0.1, -0.05) is 0 Å². The van der Waals surface area contributed by atoms with Crippen LogP contribution in [0, 0.1) is 0 Å². The summed E-state index contributed by atoms with van der Waals surface area (Å²) in [7, 11) is 1.54. The molecule has 0 aromatic rings. The zero-order valence-corrected chi connectivity index (χ0v) is 10.7. The number of ether oxygens (including phenoxy) is 1. The van der Waals surface area contributed by atoms with Crippen LogP contribution in [0.2, 0.25) is 0 Å². The number of rotatable bonds is 6. The highest BCUT2D eigenvalue weighted by atomic mass is 16.5. The highest BCUT2D eigenvalue weighted by molar-refractivity contribution is 5.82. The Morgan fingerprint density at radius 1 is 1.61 bits per heavy atom. The summed E-state index contributed by atoms with van der Waals surface area (Å²) in [5.41, 5.74) is 5.46. The fourth-order valence-electron chi connectivity index (χ4n) is 2.32. The maximum absolute atomic E-state index is 11.7. The van der Waals surface area contributed by atoms with Crippen molar-refractivity contribution in [2.75, 3.05) is 20.2 Å². The lowest BCUT2D eigenvalue weighted by Crippen LogP contribution is -2.40. The van der Waals surface area contributed by atoms with Gasteiger partial charge in [-0.05, 0) is 12.8 Å². The van der Waals surface area contributed by atoms with Crippen molar-refractivity contribution in [1.82, 2.24) is 10.2 Å². The summed E-state index contributed by atoms with van der Waals surface area (Å²) in [6, 6.07) is 0.371. The molecule has 1 aliphatic carbocycles. The van der Waals surface area contributed by atoms with Crippen LogP contribution in [0.1, 0.15) is 25.7 Å².